The maximum Gasteiger partial charge on any atom is 0.279 e. The Labute approximate surface area is 173 Å². The van der Waals surface area contributed by atoms with Crippen LogP contribution in [-0.2, 0) is 11.3 Å². The maximum absolute atomic E-state index is 13.0. The van der Waals surface area contributed by atoms with Gasteiger partial charge in [0.05, 0.1) is 22.7 Å². The fourth-order valence-electron chi connectivity index (χ4n) is 3.64. The third kappa shape index (κ3) is 3.77. The minimum atomic E-state index is -0.232. The number of carbonyl (C=O) groups is 3. The average molecular weight is 405 g/mol. The van der Waals surface area contributed by atoms with E-state index >= 15 is 0 Å². The number of fused-ring (bicyclic) bond motifs is 2. The van der Waals surface area contributed by atoms with Crippen molar-refractivity contribution in [3.63, 3.8) is 0 Å². The van der Waals surface area contributed by atoms with E-state index in [1.54, 1.807) is 53.8 Å². The molecule has 1 aliphatic rings. The Bertz CT molecular complexity index is 1090. The lowest BCUT2D eigenvalue weighted by atomic mass is 9.83. The number of carbonyl (C=O) groups excluding carboxylic acids is 3. The zero-order valence-electron chi connectivity index (χ0n) is 16.0. The fourth-order valence-corrected chi connectivity index (χ4v) is 4.42. The summed E-state index contributed by atoms with van der Waals surface area (Å²) in [6.45, 7) is 3.92. The molecular weight excluding hydrogens is 384 g/mol. The van der Waals surface area contributed by atoms with Crippen LogP contribution in [0.25, 0.3) is 0 Å². The quantitative estimate of drug-likeness (QED) is 0.518. The molecule has 1 atom stereocenters. The van der Waals surface area contributed by atoms with Crippen LogP contribution in [0.2, 0.25) is 0 Å². The monoisotopic (exact) mass is 405 g/mol. The van der Waals surface area contributed by atoms with Crippen LogP contribution in [0.5, 0.6) is 0 Å². The number of hydrogen-bond acceptors (Lipinski definition) is 4. The number of hydrogen-bond donors (Lipinski definition) is 2. The first-order valence-electron chi connectivity index (χ1n) is 9.55. The van der Waals surface area contributed by atoms with E-state index in [1.165, 1.54) is 4.88 Å². The van der Waals surface area contributed by atoms with Crippen LogP contribution in [0.15, 0.2) is 60.0 Å². The van der Waals surface area contributed by atoms with Crippen molar-refractivity contribution < 1.29 is 19.3 Å². The molecule has 4 rings (SSSR count). The van der Waals surface area contributed by atoms with Crippen LogP contribution in [0.1, 0.15) is 43.6 Å². The van der Waals surface area contributed by atoms with Crippen molar-refractivity contribution in [3.8, 4) is 0 Å². The Morgan fingerprint density at radius 2 is 1.66 bits per heavy atom. The van der Waals surface area contributed by atoms with Crippen molar-refractivity contribution in [3.05, 3.63) is 87.1 Å². The number of benzene rings is 2. The highest BCUT2D eigenvalue weighted by Crippen LogP contribution is 2.31. The molecule has 0 aliphatic heterocycles. The summed E-state index contributed by atoms with van der Waals surface area (Å²) >= 11 is 1.68. The lowest BCUT2D eigenvalue weighted by molar-refractivity contribution is -0.903. The summed E-state index contributed by atoms with van der Waals surface area (Å²) in [5.74, 6) is -0.597. The maximum atomic E-state index is 13.0. The minimum absolute atomic E-state index is 0.175. The van der Waals surface area contributed by atoms with Gasteiger partial charge in [-0.05, 0) is 24.4 Å². The number of ketones is 2. The first-order chi connectivity index (χ1) is 14.1. The first kappa shape index (κ1) is 19.2. The zero-order chi connectivity index (χ0) is 20.4. The van der Waals surface area contributed by atoms with Crippen LogP contribution in [0.4, 0.5) is 5.69 Å². The van der Waals surface area contributed by atoms with E-state index in [1.807, 2.05) is 18.4 Å². The van der Waals surface area contributed by atoms with Gasteiger partial charge in [-0.3, -0.25) is 14.4 Å². The summed E-state index contributed by atoms with van der Waals surface area (Å²) in [6, 6.07) is 15.9. The van der Waals surface area contributed by atoms with Crippen molar-refractivity contribution in [1.82, 2.24) is 0 Å². The van der Waals surface area contributed by atoms with E-state index in [0.29, 0.717) is 22.4 Å². The van der Waals surface area contributed by atoms with Crippen LogP contribution < -0.4 is 10.2 Å². The summed E-state index contributed by atoms with van der Waals surface area (Å²) in [6.07, 6.45) is 0. The first-order valence-corrected chi connectivity index (χ1v) is 10.4. The van der Waals surface area contributed by atoms with Gasteiger partial charge in [0.1, 0.15) is 6.54 Å². The lowest BCUT2D eigenvalue weighted by Crippen LogP contribution is -3.11. The average Bonchev–Trinajstić information content (AvgIpc) is 3.24. The summed E-state index contributed by atoms with van der Waals surface area (Å²) in [7, 11) is 0. The zero-order valence-corrected chi connectivity index (χ0v) is 16.8. The van der Waals surface area contributed by atoms with E-state index in [4.69, 9.17) is 0 Å². The second-order valence-electron chi connectivity index (χ2n) is 7.02. The van der Waals surface area contributed by atoms with E-state index in [0.717, 1.165) is 18.0 Å². The molecule has 0 spiro atoms. The normalized spacial score (nSPS) is 13.6. The van der Waals surface area contributed by atoms with Crippen LogP contribution in [0, 0.1) is 0 Å². The lowest BCUT2D eigenvalue weighted by Gasteiger charge is -2.21. The predicted octanol–water partition coefficient (Wildman–Crippen LogP) is 2.57. The number of amides is 1. The number of nitrogens with one attached hydrogen (secondary N) is 2. The summed E-state index contributed by atoms with van der Waals surface area (Å²) in [5, 5.41) is 4.89. The molecule has 0 fully saturated rings. The number of anilines is 1. The number of thiophene rings is 1. The second-order valence-corrected chi connectivity index (χ2v) is 8.05. The molecule has 1 amide bonds. The highest BCUT2D eigenvalue weighted by Gasteiger charge is 2.31. The molecule has 0 radical (unpaired) electrons. The molecule has 1 aromatic heterocycles. The Morgan fingerprint density at radius 1 is 0.931 bits per heavy atom. The van der Waals surface area contributed by atoms with E-state index in [2.05, 4.69) is 11.4 Å². The molecule has 1 unspecified atom stereocenters. The van der Waals surface area contributed by atoms with Crippen molar-refractivity contribution in [1.29, 1.82) is 0 Å². The fraction of sp³-hybridized carbons (Fsp3) is 0.174. The Balaban J connectivity index is 1.56. The van der Waals surface area contributed by atoms with E-state index in [9.17, 15) is 14.4 Å². The molecule has 6 heteroatoms. The van der Waals surface area contributed by atoms with Crippen LogP contribution in [-0.4, -0.2) is 30.6 Å². The van der Waals surface area contributed by atoms with Gasteiger partial charge in [-0.2, -0.15) is 0 Å². The Morgan fingerprint density at radius 3 is 2.34 bits per heavy atom. The van der Waals surface area contributed by atoms with Gasteiger partial charge in [0.15, 0.2) is 18.1 Å². The van der Waals surface area contributed by atoms with Crippen molar-refractivity contribution >= 4 is 34.5 Å². The highest BCUT2D eigenvalue weighted by atomic mass is 32.1. The van der Waals surface area contributed by atoms with E-state index in [-0.39, 0.29) is 29.6 Å². The topological polar surface area (TPSA) is 67.7 Å². The van der Waals surface area contributed by atoms with Gasteiger partial charge in [0.25, 0.3) is 5.91 Å². The van der Waals surface area contributed by atoms with Crippen molar-refractivity contribution in [2.45, 2.75) is 13.5 Å². The molecule has 1 heterocycles. The summed E-state index contributed by atoms with van der Waals surface area (Å²) in [4.78, 5) is 40.9. The van der Waals surface area contributed by atoms with Gasteiger partial charge in [-0.25, -0.2) is 0 Å². The molecule has 0 saturated carbocycles. The number of quaternary nitrogens is 1. The van der Waals surface area contributed by atoms with Crippen LogP contribution >= 0.6 is 11.3 Å². The van der Waals surface area contributed by atoms with Gasteiger partial charge >= 0.3 is 0 Å². The molecule has 3 aromatic rings. The highest BCUT2D eigenvalue weighted by molar-refractivity contribution is 7.09. The van der Waals surface area contributed by atoms with Gasteiger partial charge in [0, 0.05) is 16.7 Å². The summed E-state index contributed by atoms with van der Waals surface area (Å²) in [5.41, 5.74) is 1.80. The number of rotatable bonds is 6. The third-order valence-electron chi connectivity index (χ3n) is 5.14. The molecule has 5 nitrogen and oxygen atoms in total. The van der Waals surface area contributed by atoms with Crippen molar-refractivity contribution in [2.24, 2.45) is 0 Å². The molecule has 1 aliphatic carbocycles. The standard InChI is InChI=1S/C23H20N2O3S/c1-2-25(13-15-7-6-12-29-15)14-20(26)24-19-11-5-10-18-21(19)23(28)17-9-4-3-8-16(17)22(18)27/h3-12H,2,13-14H2,1H3,(H,24,26)/p+1. The molecule has 146 valence electrons. The Kier molecular flexibility index (Phi) is 5.38. The minimum Gasteiger partial charge on any atom is -0.323 e. The Hall–Kier alpha value is -3.09. The second kappa shape index (κ2) is 8.11. The number of likely N-dealkylation sites (N-methyl/N-ethyl adjacent to an activating group) is 1. The molecule has 0 bridgehead atoms. The molecule has 0 saturated heterocycles. The molecular formula is C23H21N2O3S+. The van der Waals surface area contributed by atoms with Gasteiger partial charge < -0.3 is 10.2 Å². The molecule has 2 N–H and O–H groups in total. The smallest absolute Gasteiger partial charge is 0.279 e. The third-order valence-corrected chi connectivity index (χ3v) is 6.02. The van der Waals surface area contributed by atoms with E-state index < -0.39 is 0 Å². The largest absolute Gasteiger partial charge is 0.323 e. The molecule has 29 heavy (non-hydrogen) atoms. The van der Waals surface area contributed by atoms with Crippen LogP contribution in [0.3, 0.4) is 0 Å². The summed E-state index contributed by atoms with van der Waals surface area (Å²) < 4.78 is 0. The van der Waals surface area contributed by atoms with Gasteiger partial charge in [-0.15, -0.1) is 11.3 Å². The molecule has 2 aromatic carbocycles. The van der Waals surface area contributed by atoms with Crippen molar-refractivity contribution in [2.75, 3.05) is 18.4 Å². The SMILES string of the molecule is CC[NH+](CC(=O)Nc1cccc2c1C(=O)c1ccccc1C2=O)Cc1cccs1. The van der Waals surface area contributed by atoms with Gasteiger partial charge in [-0.1, -0.05) is 42.5 Å². The predicted molar refractivity (Wildman–Crippen MR) is 113 cm³/mol. The van der Waals surface area contributed by atoms with Gasteiger partial charge in [0.2, 0.25) is 0 Å².